The normalized spacial score (nSPS) is 13.9. The number of imide groups is 1. The number of nitrogens with zero attached hydrogens (tertiary/aromatic N) is 2. The molecule has 0 radical (unpaired) electrons. The molecule has 2 amide bonds. The van der Waals surface area contributed by atoms with Gasteiger partial charge in [0.25, 0.3) is 11.8 Å². The van der Waals surface area contributed by atoms with Crippen LogP contribution in [-0.2, 0) is 16.1 Å². The number of rotatable bonds is 5. The maximum absolute atomic E-state index is 13.5. The molecule has 0 aliphatic carbocycles. The van der Waals surface area contributed by atoms with Crippen LogP contribution in [0, 0.1) is 19.7 Å². The highest BCUT2D eigenvalue weighted by molar-refractivity contribution is 6.36. The fourth-order valence-corrected chi connectivity index (χ4v) is 3.40. The predicted octanol–water partition coefficient (Wildman–Crippen LogP) is 4.23. The Morgan fingerprint density at radius 3 is 2.33 bits per heavy atom. The van der Waals surface area contributed by atoms with E-state index in [-0.39, 0.29) is 17.8 Å². The highest BCUT2D eigenvalue weighted by Crippen LogP contribution is 2.32. The minimum atomic E-state index is -0.420. The SMILES string of the molecule is Cc1ccc(C)c(NC2=C(c3ccc(F)cc3)C(=O)N(Cc3ccncc3)C2=O)c1. The highest BCUT2D eigenvalue weighted by atomic mass is 19.1. The van der Waals surface area contributed by atoms with Gasteiger partial charge in [0.15, 0.2) is 0 Å². The molecule has 0 saturated heterocycles. The first-order valence-corrected chi connectivity index (χ1v) is 9.53. The largest absolute Gasteiger partial charge is 0.350 e. The van der Waals surface area contributed by atoms with E-state index < -0.39 is 17.6 Å². The summed E-state index contributed by atoms with van der Waals surface area (Å²) < 4.78 is 13.5. The molecular weight excluding hydrogens is 381 g/mol. The second kappa shape index (κ2) is 7.91. The quantitative estimate of drug-likeness (QED) is 0.650. The number of carbonyl (C=O) groups excluding carboxylic acids is 2. The van der Waals surface area contributed by atoms with Gasteiger partial charge in [0.2, 0.25) is 0 Å². The molecule has 0 atom stereocenters. The van der Waals surface area contributed by atoms with Crippen LogP contribution in [0.25, 0.3) is 5.57 Å². The van der Waals surface area contributed by atoms with Gasteiger partial charge in [-0.25, -0.2) is 4.39 Å². The van der Waals surface area contributed by atoms with Crippen LogP contribution < -0.4 is 5.32 Å². The summed E-state index contributed by atoms with van der Waals surface area (Å²) in [7, 11) is 0. The number of hydrogen-bond acceptors (Lipinski definition) is 4. The highest BCUT2D eigenvalue weighted by Gasteiger charge is 2.39. The van der Waals surface area contributed by atoms with E-state index in [9.17, 15) is 14.0 Å². The average molecular weight is 401 g/mol. The molecule has 0 bridgehead atoms. The molecule has 1 N–H and O–H groups in total. The van der Waals surface area contributed by atoms with Crippen molar-refractivity contribution >= 4 is 23.1 Å². The number of hydrogen-bond donors (Lipinski definition) is 1. The zero-order valence-electron chi connectivity index (χ0n) is 16.6. The summed E-state index contributed by atoms with van der Waals surface area (Å²) in [5.74, 6) is -1.25. The third kappa shape index (κ3) is 3.72. The number of nitrogens with one attached hydrogen (secondary N) is 1. The predicted molar refractivity (Wildman–Crippen MR) is 113 cm³/mol. The van der Waals surface area contributed by atoms with Crippen molar-refractivity contribution in [3.63, 3.8) is 0 Å². The molecule has 4 rings (SSSR count). The van der Waals surface area contributed by atoms with Crippen molar-refractivity contribution in [3.05, 3.63) is 101 Å². The van der Waals surface area contributed by atoms with Crippen LogP contribution in [0.1, 0.15) is 22.3 Å². The van der Waals surface area contributed by atoms with E-state index in [0.29, 0.717) is 5.56 Å². The number of halogens is 1. The molecule has 3 aromatic rings. The first kappa shape index (κ1) is 19.5. The molecule has 30 heavy (non-hydrogen) atoms. The Labute approximate surface area is 173 Å². The van der Waals surface area contributed by atoms with Crippen LogP contribution in [0.5, 0.6) is 0 Å². The van der Waals surface area contributed by atoms with Crippen LogP contribution in [0.15, 0.2) is 72.7 Å². The molecular formula is C24H20FN3O2. The number of benzene rings is 2. The van der Waals surface area contributed by atoms with E-state index in [1.54, 1.807) is 24.5 Å². The van der Waals surface area contributed by atoms with Crippen LogP contribution in [0.4, 0.5) is 10.1 Å². The smallest absolute Gasteiger partial charge is 0.278 e. The lowest BCUT2D eigenvalue weighted by Crippen LogP contribution is -2.32. The van der Waals surface area contributed by atoms with E-state index >= 15 is 0 Å². The summed E-state index contributed by atoms with van der Waals surface area (Å²) in [5, 5.41) is 3.17. The van der Waals surface area contributed by atoms with Gasteiger partial charge in [0.05, 0.1) is 12.1 Å². The fourth-order valence-electron chi connectivity index (χ4n) is 3.40. The van der Waals surface area contributed by atoms with E-state index in [0.717, 1.165) is 22.4 Å². The Bertz CT molecular complexity index is 1150. The molecule has 0 saturated carbocycles. The Morgan fingerprint density at radius 1 is 0.933 bits per heavy atom. The molecule has 2 heterocycles. The van der Waals surface area contributed by atoms with Crippen molar-refractivity contribution in [2.45, 2.75) is 20.4 Å². The van der Waals surface area contributed by atoms with Crippen molar-refractivity contribution in [1.82, 2.24) is 9.88 Å². The van der Waals surface area contributed by atoms with Crippen LogP contribution in [0.2, 0.25) is 0 Å². The molecule has 6 heteroatoms. The van der Waals surface area contributed by atoms with Gasteiger partial charge in [-0.05, 0) is 66.4 Å². The first-order valence-electron chi connectivity index (χ1n) is 9.53. The minimum absolute atomic E-state index is 0.128. The number of carbonyl (C=O) groups is 2. The summed E-state index contributed by atoms with van der Waals surface area (Å²) in [6, 6.07) is 14.9. The molecule has 150 valence electrons. The van der Waals surface area contributed by atoms with Crippen molar-refractivity contribution in [3.8, 4) is 0 Å². The second-order valence-electron chi connectivity index (χ2n) is 7.25. The third-order valence-electron chi connectivity index (χ3n) is 5.04. The summed E-state index contributed by atoms with van der Waals surface area (Å²) in [6.07, 6.45) is 3.23. The Balaban J connectivity index is 1.77. The number of aromatic nitrogens is 1. The van der Waals surface area contributed by atoms with E-state index in [4.69, 9.17) is 0 Å². The molecule has 1 aromatic heterocycles. The number of aryl methyl sites for hydroxylation is 2. The molecule has 0 fully saturated rings. The van der Waals surface area contributed by atoms with Gasteiger partial charge in [0, 0.05) is 18.1 Å². The van der Waals surface area contributed by atoms with E-state index in [1.165, 1.54) is 29.2 Å². The van der Waals surface area contributed by atoms with Gasteiger partial charge in [0.1, 0.15) is 11.5 Å². The van der Waals surface area contributed by atoms with Crippen molar-refractivity contribution < 1.29 is 14.0 Å². The lowest BCUT2D eigenvalue weighted by molar-refractivity contribution is -0.137. The van der Waals surface area contributed by atoms with Gasteiger partial charge in [-0.1, -0.05) is 24.3 Å². The fraction of sp³-hybridized carbons (Fsp3) is 0.125. The molecule has 5 nitrogen and oxygen atoms in total. The summed E-state index contributed by atoms with van der Waals surface area (Å²) in [4.78, 5) is 31.7. The Kier molecular flexibility index (Phi) is 5.14. The van der Waals surface area contributed by atoms with Gasteiger partial charge < -0.3 is 5.32 Å². The molecule has 1 aliphatic heterocycles. The van der Waals surface area contributed by atoms with E-state index in [1.807, 2.05) is 32.0 Å². The topological polar surface area (TPSA) is 62.3 Å². The molecule has 0 spiro atoms. The number of pyridine rings is 1. The average Bonchev–Trinajstić information content (AvgIpc) is 2.96. The maximum atomic E-state index is 13.5. The summed E-state index contributed by atoms with van der Waals surface area (Å²) in [6.45, 7) is 4.01. The van der Waals surface area contributed by atoms with Crippen molar-refractivity contribution in [1.29, 1.82) is 0 Å². The Morgan fingerprint density at radius 2 is 1.63 bits per heavy atom. The number of anilines is 1. The van der Waals surface area contributed by atoms with Crippen LogP contribution in [0.3, 0.4) is 0 Å². The van der Waals surface area contributed by atoms with Gasteiger partial charge in [-0.2, -0.15) is 0 Å². The minimum Gasteiger partial charge on any atom is -0.350 e. The van der Waals surface area contributed by atoms with Gasteiger partial charge in [-0.3, -0.25) is 19.5 Å². The zero-order valence-corrected chi connectivity index (χ0v) is 16.6. The lowest BCUT2D eigenvalue weighted by Gasteiger charge is -2.16. The van der Waals surface area contributed by atoms with Crippen molar-refractivity contribution in [2.24, 2.45) is 0 Å². The summed E-state index contributed by atoms with van der Waals surface area (Å²) in [5.41, 5.74) is 4.41. The Hall–Kier alpha value is -3.80. The number of amides is 2. The lowest BCUT2D eigenvalue weighted by atomic mass is 10.0. The van der Waals surface area contributed by atoms with Gasteiger partial charge >= 0.3 is 0 Å². The maximum Gasteiger partial charge on any atom is 0.278 e. The monoisotopic (exact) mass is 401 g/mol. The van der Waals surface area contributed by atoms with Gasteiger partial charge in [-0.15, -0.1) is 0 Å². The molecule has 0 unspecified atom stereocenters. The van der Waals surface area contributed by atoms with Crippen LogP contribution in [-0.4, -0.2) is 21.7 Å². The third-order valence-corrected chi connectivity index (χ3v) is 5.04. The molecule has 1 aliphatic rings. The van der Waals surface area contributed by atoms with Crippen LogP contribution >= 0.6 is 0 Å². The van der Waals surface area contributed by atoms with Crippen molar-refractivity contribution in [2.75, 3.05) is 5.32 Å². The first-order chi connectivity index (χ1) is 14.4. The summed E-state index contributed by atoms with van der Waals surface area (Å²) >= 11 is 0. The van der Waals surface area contributed by atoms with E-state index in [2.05, 4.69) is 10.3 Å². The second-order valence-corrected chi connectivity index (χ2v) is 7.25. The zero-order chi connectivity index (χ0) is 21.3. The molecule has 2 aromatic carbocycles. The standard InChI is InChI=1S/C24H20FN3O2/c1-15-3-4-16(2)20(13-15)27-22-21(18-5-7-19(25)8-6-18)23(29)28(24(22)30)14-17-9-11-26-12-10-17/h3-13,27H,14H2,1-2H3.